The van der Waals surface area contributed by atoms with E-state index < -0.39 is 0 Å². The first-order valence-electron chi connectivity index (χ1n) is 13.9. The third-order valence-electron chi connectivity index (χ3n) is 8.67. The van der Waals surface area contributed by atoms with E-state index in [1.54, 1.807) is 0 Å². The van der Waals surface area contributed by atoms with Gasteiger partial charge in [-0.15, -0.1) is 0 Å². The van der Waals surface area contributed by atoms with Crippen LogP contribution in [0.3, 0.4) is 0 Å². The van der Waals surface area contributed by atoms with Gasteiger partial charge < -0.3 is 8.98 Å². The number of furan rings is 1. The number of hydrogen-bond donors (Lipinski definition) is 0. The van der Waals surface area contributed by atoms with Crippen molar-refractivity contribution in [3.8, 4) is 5.69 Å². The molecule has 0 bridgehead atoms. The van der Waals surface area contributed by atoms with Gasteiger partial charge in [-0.1, -0.05) is 66.7 Å². The van der Waals surface area contributed by atoms with Crippen molar-refractivity contribution >= 4 is 82.1 Å². The predicted molar refractivity (Wildman–Crippen MR) is 169 cm³/mol. The second-order valence-electron chi connectivity index (χ2n) is 10.8. The van der Waals surface area contributed by atoms with E-state index in [9.17, 15) is 0 Å². The zero-order valence-electron chi connectivity index (χ0n) is 21.9. The Kier molecular flexibility index (Phi) is 3.90. The van der Waals surface area contributed by atoms with Crippen LogP contribution < -0.4 is 0 Å². The van der Waals surface area contributed by atoms with Crippen molar-refractivity contribution in [3.05, 3.63) is 127 Å². The Labute approximate surface area is 233 Å². The first kappa shape index (κ1) is 21.2. The van der Waals surface area contributed by atoms with Gasteiger partial charge in [0.05, 0.1) is 27.6 Å². The van der Waals surface area contributed by atoms with E-state index in [1.165, 1.54) is 32.6 Å². The third kappa shape index (κ3) is 2.71. The Balaban J connectivity index is 1.40. The molecule has 0 saturated heterocycles. The zero-order valence-corrected chi connectivity index (χ0v) is 21.9. The normalized spacial score (nSPS) is 12.4. The Bertz CT molecular complexity index is 2700. The molecular weight excluding hydrogens is 502 g/mol. The van der Waals surface area contributed by atoms with Crippen molar-refractivity contribution in [1.29, 1.82) is 0 Å². The highest BCUT2D eigenvalue weighted by atomic mass is 16.3. The Hall–Kier alpha value is -5.61. The number of fused-ring (bicyclic) bond motifs is 14. The molecule has 6 aromatic carbocycles. The van der Waals surface area contributed by atoms with Crippen LogP contribution in [0.1, 0.15) is 0 Å². The Morgan fingerprint density at radius 1 is 0.439 bits per heavy atom. The van der Waals surface area contributed by atoms with Gasteiger partial charge in [-0.3, -0.25) is 4.40 Å². The van der Waals surface area contributed by atoms with Crippen molar-refractivity contribution in [3.63, 3.8) is 0 Å². The Morgan fingerprint density at radius 2 is 1.12 bits per heavy atom. The fourth-order valence-corrected chi connectivity index (χ4v) is 6.90. The summed E-state index contributed by atoms with van der Waals surface area (Å²) in [6.07, 6.45) is 0. The molecule has 0 aliphatic heterocycles. The summed E-state index contributed by atoms with van der Waals surface area (Å²) in [4.78, 5) is 5.15. The van der Waals surface area contributed by atoms with E-state index in [0.717, 1.165) is 55.2 Å². The molecule has 190 valence electrons. The highest BCUT2D eigenvalue weighted by Gasteiger charge is 2.19. The van der Waals surface area contributed by atoms with Crippen LogP contribution in [0.5, 0.6) is 0 Å². The van der Waals surface area contributed by atoms with E-state index in [0.29, 0.717) is 0 Å². The first-order chi connectivity index (χ1) is 20.3. The van der Waals surface area contributed by atoms with Crippen molar-refractivity contribution in [2.24, 2.45) is 0 Å². The minimum absolute atomic E-state index is 0.904. The number of rotatable bonds is 1. The highest BCUT2D eigenvalue weighted by Crippen LogP contribution is 2.40. The number of nitrogens with zero attached hydrogens (tertiary/aromatic N) is 3. The molecule has 0 atom stereocenters. The SMILES string of the molecule is c1ccc2c(c1)nc1c3cc4c5ccccc5n(-c5ccc6oc7ccccc7c6c5)c4cc3c3ccccc3n21. The zero-order chi connectivity index (χ0) is 26.7. The number of pyridine rings is 1. The van der Waals surface area contributed by atoms with Crippen LogP contribution in [0.15, 0.2) is 132 Å². The molecule has 0 saturated carbocycles. The van der Waals surface area contributed by atoms with Gasteiger partial charge in [0.15, 0.2) is 0 Å². The predicted octanol–water partition coefficient (Wildman–Crippen LogP) is 9.79. The summed E-state index contributed by atoms with van der Waals surface area (Å²) in [6.45, 7) is 0. The molecule has 4 nitrogen and oxygen atoms in total. The molecule has 0 fully saturated rings. The highest BCUT2D eigenvalue weighted by molar-refractivity contribution is 6.21. The van der Waals surface area contributed by atoms with Gasteiger partial charge in [0.1, 0.15) is 16.8 Å². The lowest BCUT2D eigenvalue weighted by atomic mass is 10.0. The smallest absolute Gasteiger partial charge is 0.146 e. The second-order valence-corrected chi connectivity index (χ2v) is 10.8. The van der Waals surface area contributed by atoms with Crippen molar-refractivity contribution in [1.82, 2.24) is 14.0 Å². The molecule has 0 radical (unpaired) electrons. The Morgan fingerprint density at radius 3 is 2.00 bits per heavy atom. The number of aromatic nitrogens is 3. The fourth-order valence-electron chi connectivity index (χ4n) is 6.90. The molecule has 0 amide bonds. The van der Waals surface area contributed by atoms with Gasteiger partial charge in [-0.2, -0.15) is 0 Å². The summed E-state index contributed by atoms with van der Waals surface area (Å²) in [5.74, 6) is 0. The van der Waals surface area contributed by atoms with Crippen LogP contribution >= 0.6 is 0 Å². The molecule has 0 spiro atoms. The maximum Gasteiger partial charge on any atom is 0.146 e. The molecule has 0 aliphatic carbocycles. The number of imidazole rings is 1. The number of hydrogen-bond acceptors (Lipinski definition) is 2. The van der Waals surface area contributed by atoms with Crippen molar-refractivity contribution in [2.45, 2.75) is 0 Å². The van der Waals surface area contributed by atoms with Gasteiger partial charge >= 0.3 is 0 Å². The van der Waals surface area contributed by atoms with Crippen molar-refractivity contribution in [2.75, 3.05) is 0 Å². The molecule has 0 unspecified atom stereocenters. The van der Waals surface area contributed by atoms with Crippen molar-refractivity contribution < 1.29 is 4.42 Å². The van der Waals surface area contributed by atoms with Gasteiger partial charge in [-0.05, 0) is 66.0 Å². The first-order valence-corrected chi connectivity index (χ1v) is 13.9. The number of para-hydroxylation sites is 5. The summed E-state index contributed by atoms with van der Waals surface area (Å²) in [6, 6.07) is 45.3. The van der Waals surface area contributed by atoms with Crippen LogP contribution in [0.4, 0.5) is 0 Å². The van der Waals surface area contributed by atoms with Crippen LogP contribution in [-0.2, 0) is 0 Å². The lowest BCUT2D eigenvalue weighted by Crippen LogP contribution is -1.95. The lowest BCUT2D eigenvalue weighted by molar-refractivity contribution is 0.669. The summed E-state index contributed by atoms with van der Waals surface area (Å²) in [5.41, 5.74) is 9.58. The standard InChI is InChI=1S/C37H21N3O/c1-6-14-32-23(9-1)26-21-34-27(20-29(26)37-38-30-12-4-7-15-33(30)40(32)37)24-10-2-5-13-31(24)39(34)22-17-18-36-28(19-22)25-11-3-8-16-35(25)41-36/h1-21H. The van der Waals surface area contributed by atoms with E-state index in [2.05, 4.69) is 124 Å². The molecule has 10 rings (SSSR count). The minimum Gasteiger partial charge on any atom is -0.456 e. The third-order valence-corrected chi connectivity index (χ3v) is 8.67. The average molecular weight is 524 g/mol. The maximum absolute atomic E-state index is 6.15. The molecule has 4 heteroatoms. The van der Waals surface area contributed by atoms with Gasteiger partial charge in [0.2, 0.25) is 0 Å². The maximum atomic E-state index is 6.15. The van der Waals surface area contributed by atoms with Crippen LogP contribution in [-0.4, -0.2) is 14.0 Å². The molecule has 0 aliphatic rings. The van der Waals surface area contributed by atoms with E-state index >= 15 is 0 Å². The summed E-state index contributed by atoms with van der Waals surface area (Å²) < 4.78 is 10.9. The molecule has 10 aromatic rings. The largest absolute Gasteiger partial charge is 0.456 e. The number of benzene rings is 6. The van der Waals surface area contributed by atoms with E-state index in [4.69, 9.17) is 9.40 Å². The summed E-state index contributed by atoms with van der Waals surface area (Å²) in [5, 5.41) is 8.28. The van der Waals surface area contributed by atoms with Crippen LogP contribution in [0, 0.1) is 0 Å². The molecule has 4 heterocycles. The summed E-state index contributed by atoms with van der Waals surface area (Å²) in [7, 11) is 0. The summed E-state index contributed by atoms with van der Waals surface area (Å²) >= 11 is 0. The molecule has 0 N–H and O–H groups in total. The van der Waals surface area contributed by atoms with Gasteiger partial charge in [0.25, 0.3) is 0 Å². The van der Waals surface area contributed by atoms with Crippen LogP contribution in [0.25, 0.3) is 87.8 Å². The molecule has 41 heavy (non-hydrogen) atoms. The monoisotopic (exact) mass is 523 g/mol. The molecule has 4 aromatic heterocycles. The van der Waals surface area contributed by atoms with Gasteiger partial charge in [-0.25, -0.2) is 4.98 Å². The van der Waals surface area contributed by atoms with E-state index in [-0.39, 0.29) is 0 Å². The fraction of sp³-hybridized carbons (Fsp3) is 0. The second kappa shape index (κ2) is 7.52. The molecular formula is C37H21N3O. The quantitative estimate of drug-likeness (QED) is 0.201. The topological polar surface area (TPSA) is 35.4 Å². The minimum atomic E-state index is 0.904. The van der Waals surface area contributed by atoms with Gasteiger partial charge in [0, 0.05) is 38.0 Å². The lowest BCUT2D eigenvalue weighted by Gasteiger charge is -2.11. The van der Waals surface area contributed by atoms with E-state index in [1.807, 2.05) is 12.1 Å². The average Bonchev–Trinajstić information content (AvgIpc) is 3.70. The van der Waals surface area contributed by atoms with Crippen LogP contribution in [0.2, 0.25) is 0 Å².